The minimum Gasteiger partial charge on any atom is -0.496 e. The molecule has 6 heteroatoms. The maximum absolute atomic E-state index is 14.0. The Morgan fingerprint density at radius 2 is 2.03 bits per heavy atom. The van der Waals surface area contributed by atoms with Gasteiger partial charge >= 0.3 is 0 Å². The van der Waals surface area contributed by atoms with Crippen molar-refractivity contribution in [1.82, 2.24) is 20.0 Å². The van der Waals surface area contributed by atoms with E-state index in [1.807, 2.05) is 35.1 Å². The molecule has 0 spiro atoms. The lowest BCUT2D eigenvalue weighted by molar-refractivity contribution is 0.181. The first-order valence-electron chi connectivity index (χ1n) is 10.5. The molecule has 0 bridgehead atoms. The fraction of sp³-hybridized carbons (Fsp3) is 0.375. The molecule has 1 aliphatic rings. The van der Waals surface area contributed by atoms with Crippen molar-refractivity contribution in [2.24, 2.45) is 0 Å². The molecule has 1 N–H and O–H groups in total. The van der Waals surface area contributed by atoms with Gasteiger partial charge in [-0.15, -0.1) is 0 Å². The fourth-order valence-corrected chi connectivity index (χ4v) is 4.13. The highest BCUT2D eigenvalue weighted by atomic mass is 19.1. The molecular weight excluding hydrogens is 379 g/mol. The second-order valence-electron chi connectivity index (χ2n) is 7.90. The highest BCUT2D eigenvalue weighted by Gasteiger charge is 2.20. The molecule has 1 saturated heterocycles. The van der Waals surface area contributed by atoms with Crippen molar-refractivity contribution in [3.8, 4) is 5.75 Å². The van der Waals surface area contributed by atoms with Crippen LogP contribution in [0.3, 0.4) is 0 Å². The van der Waals surface area contributed by atoms with Crippen LogP contribution in [0.2, 0.25) is 0 Å². The van der Waals surface area contributed by atoms with Gasteiger partial charge in [-0.1, -0.05) is 24.3 Å². The summed E-state index contributed by atoms with van der Waals surface area (Å²) < 4.78 is 21.4. The second-order valence-corrected chi connectivity index (χ2v) is 7.90. The summed E-state index contributed by atoms with van der Waals surface area (Å²) in [4.78, 5) is 2.34. The molecule has 3 aromatic rings. The molecule has 2 aromatic carbocycles. The first kappa shape index (κ1) is 20.6. The number of rotatable bonds is 8. The number of hydrogen-bond acceptors (Lipinski definition) is 4. The number of benzene rings is 2. The van der Waals surface area contributed by atoms with Crippen molar-refractivity contribution in [2.75, 3.05) is 20.2 Å². The number of likely N-dealkylation sites (tertiary alicyclic amines) is 1. The Labute approximate surface area is 177 Å². The summed E-state index contributed by atoms with van der Waals surface area (Å²) in [6.07, 6.45) is 6.01. The van der Waals surface area contributed by atoms with Crippen molar-refractivity contribution in [1.29, 1.82) is 0 Å². The zero-order valence-corrected chi connectivity index (χ0v) is 17.4. The van der Waals surface area contributed by atoms with Gasteiger partial charge < -0.3 is 10.1 Å². The van der Waals surface area contributed by atoms with Crippen LogP contribution in [0.1, 0.15) is 29.5 Å². The minimum absolute atomic E-state index is 0.115. The molecule has 158 valence electrons. The molecule has 1 aromatic heterocycles. The molecule has 4 rings (SSSR count). The van der Waals surface area contributed by atoms with E-state index in [4.69, 9.17) is 4.74 Å². The van der Waals surface area contributed by atoms with Crippen LogP contribution in [0.5, 0.6) is 5.75 Å². The van der Waals surface area contributed by atoms with Gasteiger partial charge in [-0.3, -0.25) is 9.58 Å². The van der Waals surface area contributed by atoms with Gasteiger partial charge in [0.05, 0.1) is 13.7 Å². The van der Waals surface area contributed by atoms with Crippen LogP contribution in [0.4, 0.5) is 4.39 Å². The lowest BCUT2D eigenvalue weighted by Gasteiger charge is -2.33. The van der Waals surface area contributed by atoms with Gasteiger partial charge in [0, 0.05) is 49.2 Å². The van der Waals surface area contributed by atoms with Crippen molar-refractivity contribution in [2.45, 2.75) is 38.5 Å². The van der Waals surface area contributed by atoms with Crippen LogP contribution in [-0.2, 0) is 19.6 Å². The third-order valence-electron chi connectivity index (χ3n) is 5.69. The molecule has 30 heavy (non-hydrogen) atoms. The third-order valence-corrected chi connectivity index (χ3v) is 5.69. The summed E-state index contributed by atoms with van der Waals surface area (Å²) in [5.74, 6) is 0.763. The van der Waals surface area contributed by atoms with Crippen LogP contribution >= 0.6 is 0 Å². The van der Waals surface area contributed by atoms with E-state index in [1.165, 1.54) is 5.56 Å². The molecule has 1 atom stereocenters. The SMILES string of the molecule is COc1ccc(CNC2CCCN(Cc3ccccc3F)C2)cc1Cn1cccn1. The van der Waals surface area contributed by atoms with E-state index in [-0.39, 0.29) is 5.82 Å². The first-order chi connectivity index (χ1) is 14.7. The summed E-state index contributed by atoms with van der Waals surface area (Å²) in [6.45, 7) is 4.10. The number of methoxy groups -OCH3 is 1. The number of nitrogens with one attached hydrogen (secondary N) is 1. The lowest BCUT2D eigenvalue weighted by Crippen LogP contribution is -2.45. The molecule has 1 aliphatic heterocycles. The number of nitrogens with zero attached hydrogens (tertiary/aromatic N) is 3. The topological polar surface area (TPSA) is 42.3 Å². The van der Waals surface area contributed by atoms with Crippen LogP contribution in [0.25, 0.3) is 0 Å². The van der Waals surface area contributed by atoms with E-state index < -0.39 is 0 Å². The number of piperidine rings is 1. The normalized spacial score (nSPS) is 17.2. The molecule has 2 heterocycles. The van der Waals surface area contributed by atoms with Gasteiger partial charge in [-0.2, -0.15) is 5.10 Å². The van der Waals surface area contributed by atoms with Gasteiger partial charge in [-0.05, 0) is 49.2 Å². The standard InChI is InChI=1S/C24H29FN4O/c1-30-24-10-9-19(14-21(24)17-29-13-5-11-27-29)15-26-22-7-4-12-28(18-22)16-20-6-2-3-8-23(20)25/h2-3,5-6,8-11,13-14,22,26H,4,7,12,15-18H2,1H3. The largest absolute Gasteiger partial charge is 0.496 e. The van der Waals surface area contributed by atoms with E-state index in [2.05, 4.69) is 27.4 Å². The Morgan fingerprint density at radius 1 is 1.13 bits per heavy atom. The monoisotopic (exact) mass is 408 g/mol. The predicted octanol–water partition coefficient (Wildman–Crippen LogP) is 3.83. The van der Waals surface area contributed by atoms with Crippen molar-refractivity contribution in [3.63, 3.8) is 0 Å². The molecule has 0 saturated carbocycles. The van der Waals surface area contributed by atoms with Crippen LogP contribution in [0.15, 0.2) is 60.9 Å². The summed E-state index contributed by atoms with van der Waals surface area (Å²) in [5.41, 5.74) is 3.12. The number of hydrogen-bond donors (Lipinski definition) is 1. The van der Waals surface area contributed by atoms with Crippen LogP contribution in [0, 0.1) is 5.82 Å². The molecule has 0 aliphatic carbocycles. The molecular formula is C24H29FN4O. The van der Waals surface area contributed by atoms with E-state index in [9.17, 15) is 4.39 Å². The van der Waals surface area contributed by atoms with E-state index in [0.717, 1.165) is 49.4 Å². The van der Waals surface area contributed by atoms with E-state index in [0.29, 0.717) is 19.1 Å². The zero-order chi connectivity index (χ0) is 20.8. The summed E-state index contributed by atoms with van der Waals surface area (Å²) >= 11 is 0. The Hall–Kier alpha value is -2.70. The maximum Gasteiger partial charge on any atom is 0.127 e. The van der Waals surface area contributed by atoms with Crippen molar-refractivity contribution >= 4 is 0 Å². The van der Waals surface area contributed by atoms with Crippen LogP contribution in [-0.4, -0.2) is 40.9 Å². The molecule has 0 amide bonds. The van der Waals surface area contributed by atoms with Crippen molar-refractivity contribution in [3.05, 3.63) is 83.4 Å². The minimum atomic E-state index is -0.115. The van der Waals surface area contributed by atoms with Gasteiger partial charge in [0.1, 0.15) is 11.6 Å². The predicted molar refractivity (Wildman–Crippen MR) is 116 cm³/mol. The van der Waals surface area contributed by atoms with Gasteiger partial charge in [0.25, 0.3) is 0 Å². The first-order valence-corrected chi connectivity index (χ1v) is 10.5. The number of halogens is 1. The lowest BCUT2D eigenvalue weighted by atomic mass is 10.0. The van der Waals surface area contributed by atoms with Gasteiger partial charge in [0.15, 0.2) is 0 Å². The van der Waals surface area contributed by atoms with Crippen molar-refractivity contribution < 1.29 is 9.13 Å². The maximum atomic E-state index is 14.0. The van der Waals surface area contributed by atoms with Gasteiger partial charge in [-0.25, -0.2) is 4.39 Å². The summed E-state index contributed by atoms with van der Waals surface area (Å²) in [5, 5.41) is 7.99. The molecule has 1 unspecified atom stereocenters. The molecule has 0 radical (unpaired) electrons. The Kier molecular flexibility index (Phi) is 6.77. The Morgan fingerprint density at radius 3 is 2.83 bits per heavy atom. The highest BCUT2D eigenvalue weighted by Crippen LogP contribution is 2.22. The van der Waals surface area contributed by atoms with Crippen LogP contribution < -0.4 is 10.1 Å². The number of aromatic nitrogens is 2. The molecule has 5 nitrogen and oxygen atoms in total. The smallest absolute Gasteiger partial charge is 0.127 e. The average molecular weight is 409 g/mol. The van der Waals surface area contributed by atoms with Gasteiger partial charge in [0.2, 0.25) is 0 Å². The number of ether oxygens (including phenoxy) is 1. The highest BCUT2D eigenvalue weighted by molar-refractivity contribution is 5.37. The van der Waals surface area contributed by atoms with E-state index >= 15 is 0 Å². The average Bonchev–Trinajstić information content (AvgIpc) is 3.27. The second kappa shape index (κ2) is 9.87. The summed E-state index contributed by atoms with van der Waals surface area (Å²) in [6, 6.07) is 15.7. The Bertz CT molecular complexity index is 944. The van der Waals surface area contributed by atoms with E-state index in [1.54, 1.807) is 25.4 Å². The zero-order valence-electron chi connectivity index (χ0n) is 17.4. The molecule has 1 fully saturated rings. The Balaban J connectivity index is 1.35. The fourth-order valence-electron chi connectivity index (χ4n) is 4.13. The summed E-state index contributed by atoms with van der Waals surface area (Å²) in [7, 11) is 1.70. The third kappa shape index (κ3) is 5.26. The quantitative estimate of drug-likeness (QED) is 0.615.